The van der Waals surface area contributed by atoms with Crippen LogP contribution in [0.1, 0.15) is 34.8 Å². The van der Waals surface area contributed by atoms with Crippen LogP contribution in [0.2, 0.25) is 0 Å². The average Bonchev–Trinajstić information content (AvgIpc) is 3.01. The number of anilines is 1. The zero-order valence-corrected chi connectivity index (χ0v) is 11.2. The molecule has 0 spiro atoms. The van der Waals surface area contributed by atoms with Crippen LogP contribution in [-0.2, 0) is 0 Å². The number of hydrogen-bond donors (Lipinski definition) is 2. The summed E-state index contributed by atoms with van der Waals surface area (Å²) in [5.41, 5.74) is 8.14. The number of hydrogen-bond acceptors (Lipinski definition) is 3. The zero-order chi connectivity index (χ0) is 13.9. The number of benzene rings is 1. The third-order valence-corrected chi connectivity index (χ3v) is 3.80. The van der Waals surface area contributed by atoms with E-state index in [2.05, 4.69) is 10.2 Å². The van der Waals surface area contributed by atoms with E-state index in [4.69, 9.17) is 5.73 Å². The molecule has 5 heteroatoms. The second-order valence-electron chi connectivity index (χ2n) is 5.23. The molecule has 20 heavy (non-hydrogen) atoms. The second kappa shape index (κ2) is 5.36. The maximum atomic E-state index is 12.5. The fraction of sp³-hybridized carbons (Fsp3) is 0.333. The number of aromatic amines is 1. The monoisotopic (exact) mass is 270 g/mol. The molecule has 2 heterocycles. The van der Waals surface area contributed by atoms with E-state index in [1.165, 1.54) is 0 Å². The predicted molar refractivity (Wildman–Crippen MR) is 77.3 cm³/mol. The van der Waals surface area contributed by atoms with Crippen molar-refractivity contribution in [2.45, 2.75) is 18.8 Å². The van der Waals surface area contributed by atoms with E-state index in [0.717, 1.165) is 31.6 Å². The molecule has 3 rings (SSSR count). The lowest BCUT2D eigenvalue weighted by molar-refractivity contribution is 0.0706. The fourth-order valence-corrected chi connectivity index (χ4v) is 2.76. The van der Waals surface area contributed by atoms with E-state index >= 15 is 0 Å². The minimum Gasteiger partial charge on any atom is -0.399 e. The molecule has 3 N–H and O–H groups in total. The lowest BCUT2D eigenvalue weighted by Gasteiger charge is -2.32. The number of nitrogens with two attached hydrogens (primary N) is 1. The van der Waals surface area contributed by atoms with Crippen LogP contribution >= 0.6 is 0 Å². The standard InChI is InChI=1S/C15H18N4O/c16-13-5-1-3-11(9-13)15(20)19-8-2-4-12(10-19)14-6-7-17-18-14/h1,3,5-7,9,12H,2,4,8,10,16H2,(H,17,18). The van der Waals surface area contributed by atoms with Crippen LogP contribution in [0, 0.1) is 0 Å². The highest BCUT2D eigenvalue weighted by Gasteiger charge is 2.26. The van der Waals surface area contributed by atoms with Gasteiger partial charge in [-0.1, -0.05) is 6.07 Å². The Bertz CT molecular complexity index is 594. The molecular formula is C15H18N4O. The van der Waals surface area contributed by atoms with E-state index in [1.54, 1.807) is 18.3 Å². The van der Waals surface area contributed by atoms with Gasteiger partial charge in [0, 0.05) is 42.1 Å². The van der Waals surface area contributed by atoms with Crippen LogP contribution in [0.15, 0.2) is 36.5 Å². The summed E-state index contributed by atoms with van der Waals surface area (Å²) in [6.07, 6.45) is 3.86. The number of carbonyl (C=O) groups excluding carboxylic acids is 1. The molecule has 0 aliphatic carbocycles. The molecular weight excluding hydrogens is 252 g/mol. The Hall–Kier alpha value is -2.30. The number of nitrogens with one attached hydrogen (secondary N) is 1. The third kappa shape index (κ3) is 2.52. The van der Waals surface area contributed by atoms with Crippen LogP contribution in [-0.4, -0.2) is 34.1 Å². The van der Waals surface area contributed by atoms with Crippen molar-refractivity contribution in [1.29, 1.82) is 0 Å². The predicted octanol–water partition coefficient (Wildman–Crippen LogP) is 2.01. The number of rotatable bonds is 2. The van der Waals surface area contributed by atoms with Gasteiger partial charge in [0.15, 0.2) is 0 Å². The molecule has 5 nitrogen and oxygen atoms in total. The molecule has 0 bridgehead atoms. The number of aromatic nitrogens is 2. The number of nitrogens with zero attached hydrogens (tertiary/aromatic N) is 2. The maximum Gasteiger partial charge on any atom is 0.253 e. The molecule has 1 unspecified atom stereocenters. The fourth-order valence-electron chi connectivity index (χ4n) is 2.76. The van der Waals surface area contributed by atoms with E-state index in [9.17, 15) is 4.79 Å². The number of nitrogen functional groups attached to an aromatic ring is 1. The van der Waals surface area contributed by atoms with Crippen molar-refractivity contribution in [3.63, 3.8) is 0 Å². The van der Waals surface area contributed by atoms with E-state index in [1.807, 2.05) is 23.1 Å². The van der Waals surface area contributed by atoms with Gasteiger partial charge in [0.1, 0.15) is 0 Å². The van der Waals surface area contributed by atoms with Crippen LogP contribution in [0.5, 0.6) is 0 Å². The molecule has 1 aliphatic heterocycles. The SMILES string of the molecule is Nc1cccc(C(=O)N2CCCC(c3ccn[nH]3)C2)c1. The van der Waals surface area contributed by atoms with Crippen molar-refractivity contribution in [2.24, 2.45) is 0 Å². The summed E-state index contributed by atoms with van der Waals surface area (Å²) in [5, 5.41) is 7.00. The number of carbonyl (C=O) groups is 1. The molecule has 0 radical (unpaired) electrons. The van der Waals surface area contributed by atoms with Gasteiger partial charge in [0.25, 0.3) is 5.91 Å². The average molecular weight is 270 g/mol. The highest BCUT2D eigenvalue weighted by molar-refractivity contribution is 5.95. The first kappa shape index (κ1) is 12.7. The molecule has 1 aromatic carbocycles. The summed E-state index contributed by atoms with van der Waals surface area (Å²) in [7, 11) is 0. The van der Waals surface area contributed by atoms with Crippen LogP contribution in [0.4, 0.5) is 5.69 Å². The lowest BCUT2D eigenvalue weighted by atomic mass is 9.94. The van der Waals surface area contributed by atoms with Gasteiger partial charge in [0.2, 0.25) is 0 Å². The van der Waals surface area contributed by atoms with Gasteiger partial charge < -0.3 is 10.6 Å². The first-order valence-electron chi connectivity index (χ1n) is 6.88. The highest BCUT2D eigenvalue weighted by atomic mass is 16.2. The van der Waals surface area contributed by atoms with Gasteiger partial charge in [-0.25, -0.2) is 0 Å². The van der Waals surface area contributed by atoms with Crippen molar-refractivity contribution in [1.82, 2.24) is 15.1 Å². The van der Waals surface area contributed by atoms with Crippen LogP contribution in [0.25, 0.3) is 0 Å². The summed E-state index contributed by atoms with van der Waals surface area (Å²) >= 11 is 0. The van der Waals surface area contributed by atoms with E-state index in [0.29, 0.717) is 17.2 Å². The number of piperidine rings is 1. The summed E-state index contributed by atoms with van der Waals surface area (Å²) in [6, 6.07) is 9.15. The molecule has 0 saturated carbocycles. The van der Waals surface area contributed by atoms with Gasteiger partial charge in [0.05, 0.1) is 0 Å². The van der Waals surface area contributed by atoms with Crippen LogP contribution < -0.4 is 5.73 Å². The van der Waals surface area contributed by atoms with Crippen molar-refractivity contribution in [2.75, 3.05) is 18.8 Å². The Morgan fingerprint density at radius 2 is 2.30 bits per heavy atom. The Morgan fingerprint density at radius 3 is 3.05 bits per heavy atom. The van der Waals surface area contributed by atoms with E-state index in [-0.39, 0.29) is 5.91 Å². The van der Waals surface area contributed by atoms with Crippen molar-refractivity contribution in [3.8, 4) is 0 Å². The quantitative estimate of drug-likeness (QED) is 0.820. The summed E-state index contributed by atoms with van der Waals surface area (Å²) in [5.74, 6) is 0.401. The number of likely N-dealkylation sites (tertiary alicyclic amines) is 1. The topological polar surface area (TPSA) is 75.0 Å². The molecule has 1 aliphatic rings. The maximum absolute atomic E-state index is 12.5. The molecule has 2 aromatic rings. The van der Waals surface area contributed by atoms with Crippen molar-refractivity contribution < 1.29 is 4.79 Å². The van der Waals surface area contributed by atoms with Crippen molar-refractivity contribution >= 4 is 11.6 Å². The number of H-pyrrole nitrogens is 1. The van der Waals surface area contributed by atoms with Gasteiger partial charge >= 0.3 is 0 Å². The third-order valence-electron chi connectivity index (χ3n) is 3.80. The Morgan fingerprint density at radius 1 is 1.40 bits per heavy atom. The first-order chi connectivity index (χ1) is 9.74. The molecule has 1 amide bonds. The largest absolute Gasteiger partial charge is 0.399 e. The first-order valence-corrected chi connectivity index (χ1v) is 6.88. The second-order valence-corrected chi connectivity index (χ2v) is 5.23. The highest BCUT2D eigenvalue weighted by Crippen LogP contribution is 2.26. The van der Waals surface area contributed by atoms with Crippen LogP contribution in [0.3, 0.4) is 0 Å². The molecule has 1 fully saturated rings. The molecule has 1 saturated heterocycles. The van der Waals surface area contributed by atoms with Gasteiger partial charge in [-0.3, -0.25) is 9.89 Å². The summed E-state index contributed by atoms with van der Waals surface area (Å²) in [6.45, 7) is 1.54. The Kier molecular flexibility index (Phi) is 3.41. The minimum absolute atomic E-state index is 0.0570. The Balaban J connectivity index is 1.75. The van der Waals surface area contributed by atoms with Gasteiger partial charge in [-0.15, -0.1) is 0 Å². The smallest absolute Gasteiger partial charge is 0.253 e. The molecule has 104 valence electrons. The Labute approximate surface area is 117 Å². The zero-order valence-electron chi connectivity index (χ0n) is 11.2. The van der Waals surface area contributed by atoms with E-state index < -0.39 is 0 Å². The van der Waals surface area contributed by atoms with Gasteiger partial charge in [-0.05, 0) is 37.1 Å². The number of amides is 1. The van der Waals surface area contributed by atoms with Crippen molar-refractivity contribution in [3.05, 3.63) is 47.8 Å². The summed E-state index contributed by atoms with van der Waals surface area (Å²) in [4.78, 5) is 14.4. The minimum atomic E-state index is 0.0570. The molecule has 1 aromatic heterocycles. The normalized spacial score (nSPS) is 19.0. The lowest BCUT2D eigenvalue weighted by Crippen LogP contribution is -2.39. The molecule has 1 atom stereocenters. The van der Waals surface area contributed by atoms with Gasteiger partial charge in [-0.2, -0.15) is 5.10 Å². The summed E-state index contributed by atoms with van der Waals surface area (Å²) < 4.78 is 0.